The van der Waals surface area contributed by atoms with Crippen LogP contribution in [0, 0.1) is 0 Å². The molecule has 1 aromatic carbocycles. The fourth-order valence-electron chi connectivity index (χ4n) is 3.34. The Morgan fingerprint density at radius 2 is 2.10 bits per heavy atom. The van der Waals surface area contributed by atoms with E-state index in [9.17, 15) is 14.4 Å². The fourth-order valence-corrected chi connectivity index (χ4v) is 3.63. The van der Waals surface area contributed by atoms with Crippen LogP contribution in [-0.4, -0.2) is 42.3 Å². The first-order chi connectivity index (χ1) is 14.4. The molecule has 0 aromatic heterocycles. The van der Waals surface area contributed by atoms with Crippen LogP contribution < -0.4 is 15.4 Å². The molecule has 158 valence electrons. The summed E-state index contributed by atoms with van der Waals surface area (Å²) in [4.78, 5) is 38.1. The lowest BCUT2D eigenvalue weighted by Crippen LogP contribution is -2.54. The van der Waals surface area contributed by atoms with E-state index >= 15 is 0 Å². The minimum atomic E-state index is -0.672. The topological polar surface area (TPSA) is 87.7 Å². The highest BCUT2D eigenvalue weighted by molar-refractivity contribution is 6.32. The van der Waals surface area contributed by atoms with Crippen molar-refractivity contribution in [2.24, 2.45) is 0 Å². The summed E-state index contributed by atoms with van der Waals surface area (Å²) in [5, 5.41) is 6.17. The van der Waals surface area contributed by atoms with Gasteiger partial charge in [0.2, 0.25) is 17.7 Å². The number of hydrogen-bond acceptors (Lipinski definition) is 5. The fraction of sp³-hybridized carbons (Fsp3) is 0.318. The maximum absolute atomic E-state index is 12.8. The van der Waals surface area contributed by atoms with Gasteiger partial charge in [0.25, 0.3) is 0 Å². The molecule has 1 unspecified atom stereocenters. The van der Waals surface area contributed by atoms with Gasteiger partial charge in [0.1, 0.15) is 11.8 Å². The zero-order valence-corrected chi connectivity index (χ0v) is 17.7. The van der Waals surface area contributed by atoms with Crippen LogP contribution >= 0.6 is 11.6 Å². The number of nitrogens with one attached hydrogen (secondary N) is 2. The third-order valence-corrected chi connectivity index (χ3v) is 5.32. The molecule has 2 aliphatic heterocycles. The molecule has 0 saturated carbocycles. The second-order valence-electron chi connectivity index (χ2n) is 7.12. The third-order valence-electron chi connectivity index (χ3n) is 5.03. The number of ether oxygens (including phenoxy) is 1. The van der Waals surface area contributed by atoms with Gasteiger partial charge in [-0.15, -0.1) is 0 Å². The first-order valence-electron chi connectivity index (χ1n) is 9.65. The number of hydrogen-bond donors (Lipinski definition) is 2. The lowest BCUT2D eigenvalue weighted by Gasteiger charge is -2.32. The predicted molar refractivity (Wildman–Crippen MR) is 114 cm³/mol. The van der Waals surface area contributed by atoms with Crippen LogP contribution in [0.2, 0.25) is 5.02 Å². The molecule has 0 aliphatic carbocycles. The molecule has 0 radical (unpaired) electrons. The van der Waals surface area contributed by atoms with Crippen LogP contribution in [0.5, 0.6) is 5.75 Å². The van der Waals surface area contributed by atoms with Gasteiger partial charge in [0, 0.05) is 30.8 Å². The van der Waals surface area contributed by atoms with E-state index in [1.54, 1.807) is 26.2 Å². The summed E-state index contributed by atoms with van der Waals surface area (Å²) in [5.74, 6) is -0.358. The van der Waals surface area contributed by atoms with Crippen molar-refractivity contribution >= 4 is 29.3 Å². The molecule has 1 fully saturated rings. The molecule has 0 spiro atoms. The molecule has 3 rings (SSSR count). The van der Waals surface area contributed by atoms with Crippen LogP contribution in [0.1, 0.15) is 25.3 Å². The van der Waals surface area contributed by atoms with Crippen LogP contribution in [0.4, 0.5) is 0 Å². The van der Waals surface area contributed by atoms with Crippen LogP contribution in [0.25, 0.3) is 0 Å². The highest BCUT2D eigenvalue weighted by atomic mass is 35.5. The Bertz CT molecular complexity index is 952. The maximum atomic E-state index is 12.8. The molecule has 7 nitrogen and oxygen atoms in total. The molecule has 2 aliphatic rings. The number of halogens is 1. The van der Waals surface area contributed by atoms with Crippen molar-refractivity contribution in [1.29, 1.82) is 0 Å². The van der Waals surface area contributed by atoms with Crippen molar-refractivity contribution < 1.29 is 19.1 Å². The second kappa shape index (κ2) is 9.63. The minimum Gasteiger partial charge on any atom is -0.495 e. The summed E-state index contributed by atoms with van der Waals surface area (Å²) in [6.45, 7) is 2.48. The Balaban J connectivity index is 1.76. The highest BCUT2D eigenvalue weighted by Crippen LogP contribution is 2.25. The number of rotatable bonds is 5. The Hall–Kier alpha value is -3.06. The lowest BCUT2D eigenvalue weighted by molar-refractivity contribution is -0.143. The van der Waals surface area contributed by atoms with E-state index in [2.05, 4.69) is 10.6 Å². The van der Waals surface area contributed by atoms with Gasteiger partial charge in [0.05, 0.1) is 12.1 Å². The first kappa shape index (κ1) is 21.6. The van der Waals surface area contributed by atoms with Crippen molar-refractivity contribution in [3.05, 3.63) is 64.4 Å². The normalized spacial score (nSPS) is 24.4. The van der Waals surface area contributed by atoms with Gasteiger partial charge in [0.15, 0.2) is 0 Å². The Labute approximate surface area is 180 Å². The average Bonchev–Trinajstić information content (AvgIpc) is 2.78. The quantitative estimate of drug-likeness (QED) is 0.702. The van der Waals surface area contributed by atoms with Gasteiger partial charge in [-0.3, -0.25) is 19.7 Å². The van der Waals surface area contributed by atoms with Crippen molar-refractivity contribution in [2.75, 3.05) is 13.7 Å². The summed E-state index contributed by atoms with van der Waals surface area (Å²) in [6.07, 6.45) is 7.77. The van der Waals surface area contributed by atoms with Crippen molar-refractivity contribution in [2.45, 2.75) is 32.4 Å². The third kappa shape index (κ3) is 5.10. The van der Waals surface area contributed by atoms with E-state index in [1.165, 1.54) is 4.90 Å². The van der Waals surface area contributed by atoms with E-state index in [0.29, 0.717) is 29.3 Å². The smallest absolute Gasteiger partial charge is 0.250 e. The van der Waals surface area contributed by atoms with E-state index < -0.39 is 11.9 Å². The molecule has 2 N–H and O–H groups in total. The molecule has 2 heterocycles. The van der Waals surface area contributed by atoms with Crippen LogP contribution in [0.3, 0.4) is 0 Å². The Morgan fingerprint density at radius 3 is 2.80 bits per heavy atom. The van der Waals surface area contributed by atoms with Crippen molar-refractivity contribution in [3.63, 3.8) is 0 Å². The van der Waals surface area contributed by atoms with Gasteiger partial charge >= 0.3 is 0 Å². The molecule has 0 bridgehead atoms. The number of carbonyl (C=O) groups excluding carboxylic acids is 3. The van der Waals surface area contributed by atoms with Crippen LogP contribution in [-0.2, 0) is 20.9 Å². The second-order valence-corrected chi connectivity index (χ2v) is 7.52. The molecule has 1 aromatic rings. The number of carbonyl (C=O) groups is 3. The standard InChI is InChI=1S/C22H24ClN3O4/c1-14-4-3-5-16(24-13-15-6-8-19(30-2)17(23)12-15)10-11-26(22(14)29)18-7-9-20(27)25-21(18)28/h3-6,8,10,12,18,24H,7,9,11,13H2,1-2H3,(H,25,27,28)/b5-3-,14-4+,16-10-. The number of piperidine rings is 1. The summed E-state index contributed by atoms with van der Waals surface area (Å²) in [6, 6.07) is 4.88. The van der Waals surface area contributed by atoms with E-state index in [4.69, 9.17) is 16.3 Å². The van der Waals surface area contributed by atoms with E-state index in [1.807, 2.05) is 30.4 Å². The molecular weight excluding hydrogens is 406 g/mol. The number of amides is 3. The largest absolute Gasteiger partial charge is 0.495 e. The number of nitrogens with zero attached hydrogens (tertiary/aromatic N) is 1. The lowest BCUT2D eigenvalue weighted by atomic mass is 10.0. The zero-order valence-electron chi connectivity index (χ0n) is 16.9. The molecular formula is C22H24ClN3O4. The summed E-state index contributed by atoms with van der Waals surface area (Å²) in [7, 11) is 1.57. The van der Waals surface area contributed by atoms with Gasteiger partial charge in [-0.2, -0.15) is 0 Å². The van der Waals surface area contributed by atoms with Gasteiger partial charge < -0.3 is 15.0 Å². The summed E-state index contributed by atoms with van der Waals surface area (Å²) < 4.78 is 5.17. The van der Waals surface area contributed by atoms with E-state index in [0.717, 1.165) is 11.3 Å². The van der Waals surface area contributed by atoms with Gasteiger partial charge in [-0.25, -0.2) is 0 Å². The zero-order chi connectivity index (χ0) is 21.7. The van der Waals surface area contributed by atoms with Crippen molar-refractivity contribution in [1.82, 2.24) is 15.5 Å². The number of methoxy groups -OCH3 is 1. The highest BCUT2D eigenvalue weighted by Gasteiger charge is 2.34. The average molecular weight is 430 g/mol. The molecule has 3 amide bonds. The van der Waals surface area contributed by atoms with Gasteiger partial charge in [-0.1, -0.05) is 29.8 Å². The number of allylic oxidation sites excluding steroid dienone is 3. The molecule has 1 saturated heterocycles. The monoisotopic (exact) mass is 429 g/mol. The van der Waals surface area contributed by atoms with E-state index in [-0.39, 0.29) is 24.8 Å². The number of imide groups is 1. The molecule has 30 heavy (non-hydrogen) atoms. The maximum Gasteiger partial charge on any atom is 0.250 e. The SMILES string of the molecule is COc1ccc(CNC2=C\CN(C3CCC(=O)NC3=O)C(=O)/C(C)=C/C=C\2)cc1Cl. The summed E-state index contributed by atoms with van der Waals surface area (Å²) >= 11 is 6.19. The molecule has 1 atom stereocenters. The molecule has 8 heteroatoms. The Morgan fingerprint density at radius 1 is 1.30 bits per heavy atom. The van der Waals surface area contributed by atoms with Gasteiger partial charge in [-0.05, 0) is 43.2 Å². The minimum absolute atomic E-state index is 0.217. The Kier molecular flexibility index (Phi) is 6.95. The number of benzene rings is 1. The van der Waals surface area contributed by atoms with Crippen molar-refractivity contribution in [3.8, 4) is 5.75 Å². The first-order valence-corrected chi connectivity index (χ1v) is 10.0. The summed E-state index contributed by atoms with van der Waals surface area (Å²) in [5.41, 5.74) is 2.30. The predicted octanol–water partition coefficient (Wildman–Crippen LogP) is 2.47. The van der Waals surface area contributed by atoms with Crippen LogP contribution in [0.15, 0.2) is 53.8 Å².